The molecule has 0 radical (unpaired) electrons. The van der Waals surface area contributed by atoms with Gasteiger partial charge in [0.1, 0.15) is 5.76 Å². The molecule has 1 aromatic heterocycles. The van der Waals surface area contributed by atoms with Crippen LogP contribution in [0, 0.1) is 6.92 Å². The first kappa shape index (κ1) is 17.5. The molecule has 1 amide bonds. The minimum absolute atomic E-state index is 0. The lowest BCUT2D eigenvalue weighted by atomic mass is 9.93. The molecule has 0 spiro atoms. The van der Waals surface area contributed by atoms with Crippen molar-refractivity contribution in [3.63, 3.8) is 0 Å². The van der Waals surface area contributed by atoms with Crippen LogP contribution in [0.1, 0.15) is 70.8 Å². The van der Waals surface area contributed by atoms with Crippen LogP contribution in [0.25, 0.3) is 0 Å². The number of halogens is 1. The Balaban J connectivity index is 0.00000169. The van der Waals surface area contributed by atoms with Crippen molar-refractivity contribution < 1.29 is 14.0 Å². The van der Waals surface area contributed by atoms with Gasteiger partial charge < -0.3 is 14.6 Å². The van der Waals surface area contributed by atoms with Crippen LogP contribution in [0.3, 0.4) is 0 Å². The smallest absolute Gasteiger partial charge is 0.289 e. The second-order valence-electron chi connectivity index (χ2n) is 7.31. The van der Waals surface area contributed by atoms with Crippen molar-refractivity contribution >= 4 is 24.1 Å². The molecule has 5 nitrogen and oxygen atoms in total. The number of nitrogens with zero attached hydrogens (tertiary/aromatic N) is 1. The summed E-state index contributed by atoms with van der Waals surface area (Å²) in [5.74, 6) is 1.13. The van der Waals surface area contributed by atoms with Crippen LogP contribution in [0.4, 0.5) is 0 Å². The van der Waals surface area contributed by atoms with Crippen molar-refractivity contribution in [1.29, 1.82) is 0 Å². The molecule has 2 aliphatic heterocycles. The average molecular weight is 353 g/mol. The van der Waals surface area contributed by atoms with E-state index in [9.17, 15) is 9.59 Å². The molecule has 132 valence electrons. The minimum Gasteiger partial charge on any atom is -0.455 e. The number of furan rings is 1. The van der Waals surface area contributed by atoms with Crippen LogP contribution in [-0.4, -0.2) is 41.8 Å². The first-order valence-electron chi connectivity index (χ1n) is 8.73. The second kappa shape index (κ2) is 6.52. The number of aryl methyl sites for hydroxylation is 1. The van der Waals surface area contributed by atoms with E-state index in [-0.39, 0.29) is 30.1 Å². The van der Waals surface area contributed by atoms with E-state index in [0.717, 1.165) is 31.2 Å². The normalized spacial score (nSPS) is 28.2. The maximum absolute atomic E-state index is 12.9. The zero-order valence-corrected chi connectivity index (χ0v) is 15.1. The number of hydrogen-bond donors (Lipinski definition) is 1. The summed E-state index contributed by atoms with van der Waals surface area (Å²) in [6.07, 6.45) is 6.59. The number of carbonyl (C=O) groups is 2. The monoisotopic (exact) mass is 352 g/mol. The van der Waals surface area contributed by atoms with Crippen molar-refractivity contribution in [3.8, 4) is 0 Å². The lowest BCUT2D eigenvalue weighted by molar-refractivity contribution is 0.0646. The summed E-state index contributed by atoms with van der Waals surface area (Å²) >= 11 is 0. The van der Waals surface area contributed by atoms with Gasteiger partial charge in [-0.05, 0) is 39.0 Å². The maximum Gasteiger partial charge on any atom is 0.289 e. The zero-order chi connectivity index (χ0) is 16.1. The number of piperidine rings is 1. The summed E-state index contributed by atoms with van der Waals surface area (Å²) in [6.45, 7) is 1.85. The van der Waals surface area contributed by atoms with Gasteiger partial charge in [0.15, 0.2) is 11.5 Å². The van der Waals surface area contributed by atoms with E-state index >= 15 is 0 Å². The standard InChI is InChI=1S/C18H24N2O3.ClH/c1-10-16-14(21)4-3-5-15(16)23-17(10)18(22)20(2)13-8-11-6-7-12(9-13)19-11;/h11-13,19H,3-9H2,1-2H3;1H. The molecule has 1 aromatic rings. The summed E-state index contributed by atoms with van der Waals surface area (Å²) in [6, 6.07) is 1.35. The van der Waals surface area contributed by atoms with Crippen LogP contribution in [0.2, 0.25) is 0 Å². The highest BCUT2D eigenvalue weighted by Crippen LogP contribution is 2.33. The summed E-state index contributed by atoms with van der Waals surface area (Å²) < 4.78 is 5.82. The third-order valence-electron chi connectivity index (χ3n) is 5.82. The minimum atomic E-state index is -0.0731. The van der Waals surface area contributed by atoms with Gasteiger partial charge in [0.25, 0.3) is 5.91 Å². The van der Waals surface area contributed by atoms with Crippen LogP contribution < -0.4 is 5.32 Å². The van der Waals surface area contributed by atoms with Crippen molar-refractivity contribution in [3.05, 3.63) is 22.6 Å². The molecular weight excluding hydrogens is 328 g/mol. The molecule has 1 N–H and O–H groups in total. The average Bonchev–Trinajstić information content (AvgIpc) is 3.06. The van der Waals surface area contributed by atoms with Crippen molar-refractivity contribution in [1.82, 2.24) is 10.2 Å². The highest BCUT2D eigenvalue weighted by molar-refractivity contribution is 6.03. The van der Waals surface area contributed by atoms with E-state index in [2.05, 4.69) is 5.32 Å². The van der Waals surface area contributed by atoms with E-state index in [4.69, 9.17) is 4.42 Å². The lowest BCUT2D eigenvalue weighted by Gasteiger charge is -2.35. The van der Waals surface area contributed by atoms with E-state index in [1.165, 1.54) is 12.8 Å². The van der Waals surface area contributed by atoms with Gasteiger partial charge in [-0.1, -0.05) is 0 Å². The van der Waals surface area contributed by atoms with Crippen molar-refractivity contribution in [2.45, 2.75) is 70.0 Å². The molecule has 24 heavy (non-hydrogen) atoms. The number of nitrogens with one attached hydrogen (secondary N) is 1. The molecule has 0 aromatic carbocycles. The fourth-order valence-electron chi connectivity index (χ4n) is 4.52. The number of ketones is 1. The zero-order valence-electron chi connectivity index (χ0n) is 14.3. The topological polar surface area (TPSA) is 62.6 Å². The van der Waals surface area contributed by atoms with Gasteiger partial charge in [0, 0.05) is 43.6 Å². The molecule has 2 atom stereocenters. The summed E-state index contributed by atoms with van der Waals surface area (Å²) in [5.41, 5.74) is 1.40. The Kier molecular flexibility index (Phi) is 4.76. The summed E-state index contributed by atoms with van der Waals surface area (Å²) in [4.78, 5) is 26.9. The van der Waals surface area contributed by atoms with Crippen LogP contribution in [0.15, 0.2) is 4.42 Å². The second-order valence-corrected chi connectivity index (χ2v) is 7.31. The van der Waals surface area contributed by atoms with Crippen LogP contribution >= 0.6 is 12.4 Å². The number of amides is 1. The predicted octanol–water partition coefficient (Wildman–Crippen LogP) is 2.88. The SMILES string of the molecule is Cc1c(C(=O)N(C)C2CC3CCC(C2)N3)oc2c1C(=O)CCC2.Cl. The molecule has 2 bridgehead atoms. The van der Waals surface area contributed by atoms with Gasteiger partial charge in [-0.15, -0.1) is 12.4 Å². The third kappa shape index (κ3) is 2.78. The Labute approximate surface area is 148 Å². The van der Waals surface area contributed by atoms with Gasteiger partial charge in [-0.3, -0.25) is 9.59 Å². The fourth-order valence-corrected chi connectivity index (χ4v) is 4.52. The largest absolute Gasteiger partial charge is 0.455 e. The van der Waals surface area contributed by atoms with E-state index in [0.29, 0.717) is 35.6 Å². The highest BCUT2D eigenvalue weighted by atomic mass is 35.5. The Morgan fingerprint density at radius 3 is 2.50 bits per heavy atom. The molecule has 2 unspecified atom stereocenters. The maximum atomic E-state index is 12.9. The number of carbonyl (C=O) groups excluding carboxylic acids is 2. The number of rotatable bonds is 2. The summed E-state index contributed by atoms with van der Waals surface area (Å²) in [7, 11) is 1.88. The van der Waals surface area contributed by atoms with Crippen LogP contribution in [0.5, 0.6) is 0 Å². The molecule has 2 fully saturated rings. The van der Waals surface area contributed by atoms with Gasteiger partial charge in [0.05, 0.1) is 5.56 Å². The molecule has 3 heterocycles. The quantitative estimate of drug-likeness (QED) is 0.889. The van der Waals surface area contributed by atoms with Crippen LogP contribution in [-0.2, 0) is 6.42 Å². The van der Waals surface area contributed by atoms with Gasteiger partial charge in [-0.2, -0.15) is 0 Å². The Bertz CT molecular complexity index is 657. The van der Waals surface area contributed by atoms with E-state index in [1.54, 1.807) is 0 Å². The molecule has 4 rings (SSSR count). The van der Waals surface area contributed by atoms with E-state index < -0.39 is 0 Å². The lowest BCUT2D eigenvalue weighted by Crippen LogP contribution is -2.48. The fraction of sp³-hybridized carbons (Fsp3) is 0.667. The first-order valence-corrected chi connectivity index (χ1v) is 8.73. The van der Waals surface area contributed by atoms with Gasteiger partial charge in [0.2, 0.25) is 0 Å². The molecule has 1 aliphatic carbocycles. The highest BCUT2D eigenvalue weighted by Gasteiger charge is 2.38. The molecule has 3 aliphatic rings. The molecular formula is C18H25ClN2O3. The first-order chi connectivity index (χ1) is 11.0. The van der Waals surface area contributed by atoms with E-state index in [1.807, 2.05) is 18.9 Å². The van der Waals surface area contributed by atoms with Gasteiger partial charge >= 0.3 is 0 Å². The molecule has 6 heteroatoms. The van der Waals surface area contributed by atoms with Crippen molar-refractivity contribution in [2.24, 2.45) is 0 Å². The number of hydrogen-bond acceptors (Lipinski definition) is 4. The predicted molar refractivity (Wildman–Crippen MR) is 93.0 cm³/mol. The third-order valence-corrected chi connectivity index (χ3v) is 5.82. The Hall–Kier alpha value is -1.33. The number of fused-ring (bicyclic) bond motifs is 3. The molecule has 2 saturated heterocycles. The Morgan fingerprint density at radius 2 is 1.88 bits per heavy atom. The number of Topliss-reactive ketones (excluding diaryl/α,β-unsaturated/α-hetero) is 1. The molecule has 0 saturated carbocycles. The van der Waals surface area contributed by atoms with Gasteiger partial charge in [-0.25, -0.2) is 0 Å². The summed E-state index contributed by atoms with van der Waals surface area (Å²) in [5, 5.41) is 3.60. The van der Waals surface area contributed by atoms with Crippen molar-refractivity contribution in [2.75, 3.05) is 7.05 Å². The Morgan fingerprint density at radius 1 is 1.21 bits per heavy atom.